The van der Waals surface area contributed by atoms with E-state index in [4.69, 9.17) is 4.74 Å². The summed E-state index contributed by atoms with van der Waals surface area (Å²) in [7, 11) is 0. The van der Waals surface area contributed by atoms with Crippen molar-refractivity contribution < 1.29 is 14.9 Å². The molecule has 8 rings (SSSR count). The standard InChI is InChI=1S/C28H28N2O3/c31-22-8-7-17-13-23-28(32)10-9-19(20-14-29-21-4-2-1-3-18(20)21)26-27(28,24(17)25(22)33-26)11-12-30(23)15-16-5-6-16/h1-4,7-9,14,16,23,26,29,31-32H,5-6,10-13,15H2/t23-,26+,27+,28-/m1/s1. The number of hydrogen-bond donors (Lipinski definition) is 3. The molecule has 1 saturated heterocycles. The quantitative estimate of drug-likeness (QED) is 0.573. The summed E-state index contributed by atoms with van der Waals surface area (Å²) in [6, 6.07) is 12.3. The van der Waals surface area contributed by atoms with Gasteiger partial charge in [0, 0.05) is 40.8 Å². The SMILES string of the molecule is Oc1ccc2c3c1O[C@H]1C(c4c[nH]c5ccccc45)=CC[C@@]4(O)[C@@H](C2)N(CC2CC2)CC[C@]314. The summed E-state index contributed by atoms with van der Waals surface area (Å²) in [6.07, 6.45) is 8.91. The van der Waals surface area contributed by atoms with E-state index in [1.165, 1.54) is 23.8 Å². The Balaban J connectivity index is 1.36. The molecule has 2 aromatic carbocycles. The Morgan fingerprint density at radius 3 is 2.91 bits per heavy atom. The van der Waals surface area contributed by atoms with E-state index in [2.05, 4.69) is 46.4 Å². The van der Waals surface area contributed by atoms with Gasteiger partial charge in [-0.15, -0.1) is 0 Å². The molecule has 5 nitrogen and oxygen atoms in total. The van der Waals surface area contributed by atoms with Crippen molar-refractivity contribution in [2.24, 2.45) is 5.92 Å². The van der Waals surface area contributed by atoms with Crippen LogP contribution in [0.1, 0.15) is 42.4 Å². The highest BCUT2D eigenvalue weighted by Crippen LogP contribution is 2.66. The number of phenolic OH excluding ortho intramolecular Hbond substituents is 1. The largest absolute Gasteiger partial charge is 0.504 e. The third-order valence-corrected chi connectivity index (χ3v) is 9.33. The first-order chi connectivity index (χ1) is 16.1. The van der Waals surface area contributed by atoms with Crippen molar-refractivity contribution in [3.05, 3.63) is 65.4 Å². The van der Waals surface area contributed by atoms with Gasteiger partial charge in [0.1, 0.15) is 6.10 Å². The number of likely N-dealkylation sites (tertiary alicyclic amines) is 1. The normalized spacial score (nSPS) is 34.2. The average molecular weight is 441 g/mol. The Labute approximate surface area is 192 Å². The van der Waals surface area contributed by atoms with Crippen LogP contribution in [0, 0.1) is 5.92 Å². The number of fused-ring (bicyclic) bond motifs is 1. The number of phenols is 1. The highest BCUT2D eigenvalue weighted by molar-refractivity contribution is 5.95. The summed E-state index contributed by atoms with van der Waals surface area (Å²) >= 11 is 0. The first-order valence-corrected chi connectivity index (χ1v) is 12.3. The summed E-state index contributed by atoms with van der Waals surface area (Å²) in [5, 5.41) is 24.6. The van der Waals surface area contributed by atoms with E-state index < -0.39 is 11.0 Å². The van der Waals surface area contributed by atoms with Gasteiger partial charge < -0.3 is 19.9 Å². The summed E-state index contributed by atoms with van der Waals surface area (Å²) in [4.78, 5) is 5.98. The van der Waals surface area contributed by atoms with Crippen LogP contribution in [-0.4, -0.2) is 50.9 Å². The number of aliphatic hydroxyl groups is 1. The molecule has 3 aliphatic carbocycles. The van der Waals surface area contributed by atoms with Crippen LogP contribution >= 0.6 is 0 Å². The van der Waals surface area contributed by atoms with Gasteiger partial charge in [-0.1, -0.05) is 30.3 Å². The minimum Gasteiger partial charge on any atom is -0.504 e. The molecule has 3 N–H and O–H groups in total. The number of hydrogen-bond acceptors (Lipinski definition) is 4. The molecule has 2 fully saturated rings. The fraction of sp³-hybridized carbons (Fsp3) is 0.429. The van der Waals surface area contributed by atoms with Crippen molar-refractivity contribution >= 4 is 16.5 Å². The Bertz CT molecular complexity index is 1350. The van der Waals surface area contributed by atoms with Crippen molar-refractivity contribution in [2.45, 2.75) is 55.3 Å². The lowest BCUT2D eigenvalue weighted by Crippen LogP contribution is -2.74. The summed E-state index contributed by atoms with van der Waals surface area (Å²) in [5.41, 5.74) is 4.27. The number of nitrogens with zero attached hydrogens (tertiary/aromatic N) is 1. The highest BCUT2D eigenvalue weighted by Gasteiger charge is 2.71. The maximum absolute atomic E-state index is 12.6. The van der Waals surface area contributed by atoms with Crippen LogP contribution in [0.2, 0.25) is 0 Å². The van der Waals surface area contributed by atoms with Crippen molar-refractivity contribution in [3.63, 3.8) is 0 Å². The van der Waals surface area contributed by atoms with Gasteiger partial charge in [0.2, 0.25) is 0 Å². The smallest absolute Gasteiger partial charge is 0.166 e. The van der Waals surface area contributed by atoms with Crippen LogP contribution in [-0.2, 0) is 11.8 Å². The lowest BCUT2D eigenvalue weighted by atomic mass is 9.49. The van der Waals surface area contributed by atoms with E-state index in [1.807, 2.05) is 6.07 Å². The van der Waals surface area contributed by atoms with Crippen LogP contribution < -0.4 is 4.74 Å². The molecule has 33 heavy (non-hydrogen) atoms. The second-order valence-corrected chi connectivity index (χ2v) is 10.9. The monoisotopic (exact) mass is 440 g/mol. The topological polar surface area (TPSA) is 68.7 Å². The van der Waals surface area contributed by atoms with Crippen LogP contribution in [0.15, 0.2) is 48.7 Å². The number of nitrogens with one attached hydrogen (secondary N) is 1. The number of aromatic amines is 1. The van der Waals surface area contributed by atoms with Gasteiger partial charge in [-0.3, -0.25) is 4.90 Å². The molecular formula is C28H28N2O3. The van der Waals surface area contributed by atoms with Crippen LogP contribution in [0.3, 0.4) is 0 Å². The minimum atomic E-state index is -0.896. The van der Waals surface area contributed by atoms with E-state index >= 15 is 0 Å². The van der Waals surface area contributed by atoms with E-state index in [1.54, 1.807) is 6.07 Å². The zero-order valence-electron chi connectivity index (χ0n) is 18.6. The van der Waals surface area contributed by atoms with Crippen molar-refractivity contribution in [1.82, 2.24) is 9.88 Å². The number of rotatable bonds is 3. The molecule has 2 aliphatic heterocycles. The molecule has 3 aromatic rings. The number of benzene rings is 2. The summed E-state index contributed by atoms with van der Waals surface area (Å²) < 4.78 is 6.68. The highest BCUT2D eigenvalue weighted by atomic mass is 16.5. The van der Waals surface area contributed by atoms with E-state index in [-0.39, 0.29) is 17.9 Å². The number of aromatic nitrogens is 1. The molecular weight excluding hydrogens is 412 g/mol. The molecule has 0 amide bonds. The minimum absolute atomic E-state index is 0.0849. The first-order valence-electron chi connectivity index (χ1n) is 12.3. The predicted molar refractivity (Wildman–Crippen MR) is 126 cm³/mol. The van der Waals surface area contributed by atoms with Gasteiger partial charge in [-0.2, -0.15) is 0 Å². The Morgan fingerprint density at radius 1 is 1.15 bits per heavy atom. The molecule has 2 bridgehead atoms. The van der Waals surface area contributed by atoms with Gasteiger partial charge in [0.05, 0.1) is 11.0 Å². The Kier molecular flexibility index (Phi) is 3.40. The van der Waals surface area contributed by atoms with Gasteiger partial charge in [-0.25, -0.2) is 0 Å². The second kappa shape index (κ2) is 6.02. The molecule has 168 valence electrons. The second-order valence-electron chi connectivity index (χ2n) is 10.9. The van der Waals surface area contributed by atoms with Gasteiger partial charge in [-0.05, 0) is 67.8 Å². The molecule has 0 unspecified atom stereocenters. The maximum Gasteiger partial charge on any atom is 0.166 e. The zero-order chi connectivity index (χ0) is 21.9. The lowest BCUT2D eigenvalue weighted by molar-refractivity contribution is -0.159. The van der Waals surface area contributed by atoms with Crippen LogP contribution in [0.4, 0.5) is 0 Å². The summed E-state index contributed by atoms with van der Waals surface area (Å²) in [6.45, 7) is 2.06. The molecule has 5 heteroatoms. The Morgan fingerprint density at radius 2 is 2.03 bits per heavy atom. The van der Waals surface area contributed by atoms with Gasteiger partial charge in [0.25, 0.3) is 0 Å². The maximum atomic E-state index is 12.6. The fourth-order valence-electron chi connectivity index (χ4n) is 7.67. The van der Waals surface area contributed by atoms with Crippen LogP contribution in [0.25, 0.3) is 16.5 Å². The number of aromatic hydroxyl groups is 1. The number of piperidine rings is 1. The van der Waals surface area contributed by atoms with E-state index in [0.29, 0.717) is 12.2 Å². The third-order valence-electron chi connectivity index (χ3n) is 9.33. The van der Waals surface area contributed by atoms with E-state index in [9.17, 15) is 10.2 Å². The van der Waals surface area contributed by atoms with Gasteiger partial charge in [0.15, 0.2) is 11.5 Å². The molecule has 1 saturated carbocycles. The molecule has 1 aromatic heterocycles. The van der Waals surface area contributed by atoms with Crippen LogP contribution in [0.5, 0.6) is 11.5 Å². The molecule has 3 heterocycles. The Hall–Kier alpha value is -2.76. The lowest BCUT2D eigenvalue weighted by Gasteiger charge is -2.62. The van der Waals surface area contributed by atoms with Crippen molar-refractivity contribution in [2.75, 3.05) is 13.1 Å². The number of ether oxygens (including phenoxy) is 1. The van der Waals surface area contributed by atoms with E-state index in [0.717, 1.165) is 54.1 Å². The van der Waals surface area contributed by atoms with Crippen molar-refractivity contribution in [3.8, 4) is 11.5 Å². The average Bonchev–Trinajstić information content (AvgIpc) is 3.41. The predicted octanol–water partition coefficient (Wildman–Crippen LogP) is 4.13. The zero-order valence-corrected chi connectivity index (χ0v) is 18.6. The molecule has 0 radical (unpaired) electrons. The molecule has 5 aliphatic rings. The number of H-pyrrole nitrogens is 1. The van der Waals surface area contributed by atoms with Crippen molar-refractivity contribution in [1.29, 1.82) is 0 Å². The number of para-hydroxylation sites is 1. The summed E-state index contributed by atoms with van der Waals surface area (Å²) in [5.74, 6) is 1.57. The molecule has 1 spiro atoms. The fourth-order valence-corrected chi connectivity index (χ4v) is 7.67. The van der Waals surface area contributed by atoms with Gasteiger partial charge >= 0.3 is 0 Å². The molecule has 4 atom stereocenters. The first kappa shape index (κ1) is 18.6. The third kappa shape index (κ3) is 2.16.